The molecule has 0 aliphatic carbocycles. The number of hydrogen-bond acceptors (Lipinski definition) is 6. The van der Waals surface area contributed by atoms with Gasteiger partial charge in [0.1, 0.15) is 6.54 Å². The Morgan fingerprint density at radius 2 is 1.79 bits per heavy atom. The molecule has 11 heteroatoms. The van der Waals surface area contributed by atoms with E-state index in [-0.39, 0.29) is 17.0 Å². The van der Waals surface area contributed by atoms with Crippen molar-refractivity contribution in [1.82, 2.24) is 8.87 Å². The first-order chi connectivity index (χ1) is 15.8. The van der Waals surface area contributed by atoms with Crippen LogP contribution in [0.25, 0.3) is 10.2 Å². The van der Waals surface area contributed by atoms with Crippen LogP contribution in [0.1, 0.15) is 29.6 Å². The fourth-order valence-corrected chi connectivity index (χ4v) is 6.47. The van der Waals surface area contributed by atoms with Crippen LogP contribution in [0, 0.1) is 0 Å². The minimum absolute atomic E-state index is 0.114. The number of carbonyl (C=O) groups excluding carboxylic acids is 2. The van der Waals surface area contributed by atoms with Crippen LogP contribution in [-0.2, 0) is 26.1 Å². The van der Waals surface area contributed by atoms with Crippen molar-refractivity contribution in [1.29, 1.82) is 0 Å². The summed E-state index contributed by atoms with van der Waals surface area (Å²) in [5, 5.41) is 0.525. The Labute approximate surface area is 200 Å². The Hall–Kier alpha value is -2.53. The van der Waals surface area contributed by atoms with Crippen molar-refractivity contribution in [3.8, 4) is 0 Å². The van der Waals surface area contributed by atoms with E-state index in [1.54, 1.807) is 22.8 Å². The average molecular weight is 508 g/mol. The summed E-state index contributed by atoms with van der Waals surface area (Å²) < 4.78 is 34.3. The molecule has 33 heavy (non-hydrogen) atoms. The van der Waals surface area contributed by atoms with Crippen LogP contribution in [0.2, 0.25) is 5.02 Å². The number of halogens is 1. The number of piperidine rings is 1. The normalized spacial score (nSPS) is 15.6. The molecule has 1 saturated heterocycles. The molecule has 0 radical (unpaired) electrons. The van der Waals surface area contributed by atoms with E-state index in [0.717, 1.165) is 24.0 Å². The Balaban J connectivity index is 1.66. The van der Waals surface area contributed by atoms with Crippen molar-refractivity contribution in [3.63, 3.8) is 0 Å². The molecule has 8 nitrogen and oxygen atoms in total. The molecule has 0 spiro atoms. The molecule has 0 N–H and O–H groups in total. The van der Waals surface area contributed by atoms with Crippen molar-refractivity contribution in [2.45, 2.75) is 30.7 Å². The highest BCUT2D eigenvalue weighted by atomic mass is 35.5. The number of amides is 1. The fraction of sp³-hybridized carbons (Fsp3) is 0.318. The predicted molar refractivity (Wildman–Crippen MR) is 126 cm³/mol. The van der Waals surface area contributed by atoms with Gasteiger partial charge in [-0.15, -0.1) is 0 Å². The quantitative estimate of drug-likeness (QED) is 0.493. The molecule has 0 unspecified atom stereocenters. The SMILES string of the molecule is COC(=O)Cn1c(=NC(=O)c2ccc(S(=O)(=O)N3CCCCC3)cc2)sc2cc(Cl)ccc21. The number of sulfonamides is 1. The van der Waals surface area contributed by atoms with Gasteiger partial charge in [0.05, 0.1) is 22.2 Å². The number of thiazole rings is 1. The fourth-order valence-electron chi connectivity index (χ4n) is 3.65. The summed E-state index contributed by atoms with van der Waals surface area (Å²) in [5.41, 5.74) is 0.942. The molecule has 1 aliphatic heterocycles. The lowest BCUT2D eigenvalue weighted by molar-refractivity contribution is -0.141. The second-order valence-electron chi connectivity index (χ2n) is 7.57. The third kappa shape index (κ3) is 5.03. The number of nitrogens with zero attached hydrogens (tertiary/aromatic N) is 3. The van der Waals surface area contributed by atoms with Gasteiger partial charge >= 0.3 is 5.97 Å². The largest absolute Gasteiger partial charge is 0.468 e. The third-order valence-corrected chi connectivity index (χ3v) is 8.60. The third-order valence-electron chi connectivity index (χ3n) is 5.41. The van der Waals surface area contributed by atoms with Crippen molar-refractivity contribution < 1.29 is 22.7 Å². The summed E-state index contributed by atoms with van der Waals surface area (Å²) in [6.07, 6.45) is 2.72. The number of methoxy groups -OCH3 is 1. The minimum atomic E-state index is -3.58. The number of benzene rings is 2. The molecule has 0 saturated carbocycles. The van der Waals surface area contributed by atoms with Crippen LogP contribution in [0.3, 0.4) is 0 Å². The van der Waals surface area contributed by atoms with E-state index in [0.29, 0.717) is 28.4 Å². The summed E-state index contributed by atoms with van der Waals surface area (Å²) in [5.74, 6) is -1.03. The molecule has 2 heterocycles. The maximum atomic E-state index is 12.9. The van der Waals surface area contributed by atoms with Gasteiger partial charge in [0.15, 0.2) is 4.80 Å². The standard InChI is InChI=1S/C22H22ClN3O5S2/c1-31-20(27)14-26-18-10-7-16(23)13-19(18)32-22(26)24-21(28)15-5-8-17(9-6-15)33(29,30)25-11-3-2-4-12-25/h5-10,13H,2-4,11-12,14H2,1H3. The number of rotatable bonds is 5. The molecule has 174 valence electrons. The second-order valence-corrected chi connectivity index (χ2v) is 10.9. The molecule has 1 aromatic heterocycles. The van der Waals surface area contributed by atoms with Crippen LogP contribution >= 0.6 is 22.9 Å². The van der Waals surface area contributed by atoms with E-state index >= 15 is 0 Å². The smallest absolute Gasteiger partial charge is 0.325 e. The predicted octanol–water partition coefficient (Wildman–Crippen LogP) is 3.44. The van der Waals surface area contributed by atoms with Crippen molar-refractivity contribution in [2.75, 3.05) is 20.2 Å². The van der Waals surface area contributed by atoms with Crippen molar-refractivity contribution in [3.05, 3.63) is 57.9 Å². The highest BCUT2D eigenvalue weighted by molar-refractivity contribution is 7.89. The van der Waals surface area contributed by atoms with Gasteiger partial charge in [0.25, 0.3) is 5.91 Å². The van der Waals surface area contributed by atoms with Gasteiger partial charge in [-0.1, -0.05) is 29.4 Å². The van der Waals surface area contributed by atoms with E-state index in [4.69, 9.17) is 16.3 Å². The summed E-state index contributed by atoms with van der Waals surface area (Å²) >= 11 is 7.30. The average Bonchev–Trinajstić information content (AvgIpc) is 3.15. The first-order valence-corrected chi connectivity index (χ1v) is 13.0. The van der Waals surface area contributed by atoms with Crippen LogP contribution in [0.4, 0.5) is 0 Å². The maximum absolute atomic E-state index is 12.9. The molecule has 1 fully saturated rings. The maximum Gasteiger partial charge on any atom is 0.325 e. The zero-order chi connectivity index (χ0) is 23.6. The number of aromatic nitrogens is 1. The van der Waals surface area contributed by atoms with Gasteiger partial charge in [-0.2, -0.15) is 9.30 Å². The van der Waals surface area contributed by atoms with Gasteiger partial charge < -0.3 is 9.30 Å². The molecule has 3 aromatic rings. The highest BCUT2D eigenvalue weighted by Gasteiger charge is 2.26. The summed E-state index contributed by atoms with van der Waals surface area (Å²) in [6.45, 7) is 0.903. The Morgan fingerprint density at radius 1 is 1.09 bits per heavy atom. The summed E-state index contributed by atoms with van der Waals surface area (Å²) in [6, 6.07) is 11.0. The Morgan fingerprint density at radius 3 is 2.45 bits per heavy atom. The van der Waals surface area contributed by atoms with E-state index < -0.39 is 21.9 Å². The van der Waals surface area contributed by atoms with Gasteiger partial charge in [-0.05, 0) is 55.3 Å². The lowest BCUT2D eigenvalue weighted by Gasteiger charge is -2.25. The molecule has 1 aliphatic rings. The number of hydrogen-bond donors (Lipinski definition) is 0. The molecular formula is C22H22ClN3O5S2. The summed E-state index contributed by atoms with van der Waals surface area (Å²) in [4.78, 5) is 29.4. The van der Waals surface area contributed by atoms with Gasteiger partial charge in [-0.25, -0.2) is 8.42 Å². The monoisotopic (exact) mass is 507 g/mol. The van der Waals surface area contributed by atoms with Crippen molar-refractivity contribution >= 4 is 55.1 Å². The van der Waals surface area contributed by atoms with Crippen LogP contribution < -0.4 is 4.80 Å². The number of ether oxygens (including phenoxy) is 1. The zero-order valence-corrected chi connectivity index (χ0v) is 20.3. The molecule has 4 rings (SSSR count). The number of carbonyl (C=O) groups is 2. The first-order valence-electron chi connectivity index (χ1n) is 10.3. The molecule has 1 amide bonds. The zero-order valence-electron chi connectivity index (χ0n) is 17.9. The van der Waals surface area contributed by atoms with E-state index in [1.807, 2.05) is 0 Å². The topological polar surface area (TPSA) is 98.0 Å². The Kier molecular flexibility index (Phi) is 6.99. The van der Waals surface area contributed by atoms with E-state index in [9.17, 15) is 18.0 Å². The highest BCUT2D eigenvalue weighted by Crippen LogP contribution is 2.23. The summed E-state index contributed by atoms with van der Waals surface area (Å²) in [7, 11) is -2.29. The van der Waals surface area contributed by atoms with Gasteiger partial charge in [0, 0.05) is 23.7 Å². The number of fused-ring (bicyclic) bond motifs is 1. The van der Waals surface area contributed by atoms with Gasteiger partial charge in [-0.3, -0.25) is 9.59 Å². The van der Waals surface area contributed by atoms with Crippen LogP contribution in [-0.4, -0.2) is 49.4 Å². The molecular weight excluding hydrogens is 486 g/mol. The molecule has 0 atom stereocenters. The Bertz CT molecular complexity index is 1370. The van der Waals surface area contributed by atoms with E-state index in [2.05, 4.69) is 4.99 Å². The lowest BCUT2D eigenvalue weighted by atomic mass is 10.2. The molecule has 0 bridgehead atoms. The van der Waals surface area contributed by atoms with Crippen LogP contribution in [0.15, 0.2) is 52.4 Å². The number of esters is 1. The van der Waals surface area contributed by atoms with E-state index in [1.165, 1.54) is 47.0 Å². The van der Waals surface area contributed by atoms with Gasteiger partial charge in [0.2, 0.25) is 10.0 Å². The first kappa shape index (κ1) is 23.6. The molecule has 2 aromatic carbocycles. The minimum Gasteiger partial charge on any atom is -0.468 e. The second kappa shape index (κ2) is 9.76. The lowest BCUT2D eigenvalue weighted by Crippen LogP contribution is -2.35. The van der Waals surface area contributed by atoms with Crippen molar-refractivity contribution in [2.24, 2.45) is 4.99 Å². The van der Waals surface area contributed by atoms with Crippen LogP contribution in [0.5, 0.6) is 0 Å².